The second kappa shape index (κ2) is 7.34. The van der Waals surface area contributed by atoms with E-state index in [9.17, 15) is 18.0 Å². The summed E-state index contributed by atoms with van der Waals surface area (Å²) in [6.07, 6.45) is -2.24. The third-order valence-electron chi connectivity index (χ3n) is 5.50. The molecule has 1 atom stereocenters. The largest absolute Gasteiger partial charge is 0.573 e. The van der Waals surface area contributed by atoms with E-state index >= 15 is 0 Å². The summed E-state index contributed by atoms with van der Waals surface area (Å²) >= 11 is 6.30. The van der Waals surface area contributed by atoms with Crippen LogP contribution in [0.5, 0.6) is 5.75 Å². The first-order valence-electron chi connectivity index (χ1n) is 9.81. The average Bonchev–Trinajstić information content (AvgIpc) is 3.43. The van der Waals surface area contributed by atoms with E-state index in [0.29, 0.717) is 16.9 Å². The summed E-state index contributed by atoms with van der Waals surface area (Å²) in [7, 11) is 0. The molecule has 30 heavy (non-hydrogen) atoms. The van der Waals surface area contributed by atoms with E-state index in [0.717, 1.165) is 36.6 Å². The number of hydrogen-bond donors (Lipinski definition) is 0. The maximum Gasteiger partial charge on any atom is 0.573 e. The van der Waals surface area contributed by atoms with Crippen molar-refractivity contribution in [3.05, 3.63) is 50.9 Å². The van der Waals surface area contributed by atoms with Crippen molar-refractivity contribution in [3.63, 3.8) is 0 Å². The van der Waals surface area contributed by atoms with Crippen LogP contribution in [0.1, 0.15) is 56.3 Å². The van der Waals surface area contributed by atoms with Crippen molar-refractivity contribution in [2.24, 2.45) is 0 Å². The van der Waals surface area contributed by atoms with Gasteiger partial charge in [-0.25, -0.2) is 4.52 Å². The zero-order valence-corrected chi connectivity index (χ0v) is 17.5. The van der Waals surface area contributed by atoms with Gasteiger partial charge in [0.1, 0.15) is 11.3 Å². The first-order valence-corrected chi connectivity index (χ1v) is 10.2. The zero-order chi connectivity index (χ0) is 21.8. The highest BCUT2D eigenvalue weighted by molar-refractivity contribution is 6.33. The summed E-state index contributed by atoms with van der Waals surface area (Å²) in [5, 5.41) is 4.73. The zero-order valence-electron chi connectivity index (χ0n) is 16.8. The summed E-state index contributed by atoms with van der Waals surface area (Å²) in [5.74, 6) is 0.117. The van der Waals surface area contributed by atoms with Crippen molar-refractivity contribution in [2.45, 2.75) is 58.4 Å². The Labute approximate surface area is 176 Å². The lowest BCUT2D eigenvalue weighted by atomic mass is 10.00. The molecule has 5 nitrogen and oxygen atoms in total. The van der Waals surface area contributed by atoms with Crippen LogP contribution in [0.3, 0.4) is 0 Å². The number of aryl methyl sites for hydroxylation is 1. The molecule has 1 aliphatic rings. The van der Waals surface area contributed by atoms with Gasteiger partial charge >= 0.3 is 6.36 Å². The number of rotatable bonds is 5. The Kier molecular flexibility index (Phi) is 5.08. The molecule has 1 aliphatic carbocycles. The standard InChI is InChI=1S/C21H21ClF3N3O2/c1-4-11(2)16-9-12(3)28-18(16)20(29)27(13-5-6-13)19(26-28)15-8-7-14(10-17(15)22)30-21(23,24)25/h7-11,13H,4-6H2,1-3H3. The third-order valence-corrected chi connectivity index (χ3v) is 5.81. The fourth-order valence-electron chi connectivity index (χ4n) is 3.67. The fourth-order valence-corrected chi connectivity index (χ4v) is 3.93. The van der Waals surface area contributed by atoms with Crippen LogP contribution in [0, 0.1) is 6.92 Å². The van der Waals surface area contributed by atoms with E-state index in [-0.39, 0.29) is 22.5 Å². The van der Waals surface area contributed by atoms with Crippen LogP contribution in [0.25, 0.3) is 16.9 Å². The molecule has 0 spiro atoms. The molecule has 1 saturated carbocycles. The van der Waals surface area contributed by atoms with E-state index in [1.807, 2.05) is 13.0 Å². The van der Waals surface area contributed by atoms with Crippen molar-refractivity contribution in [1.82, 2.24) is 14.2 Å². The maximum atomic E-state index is 13.5. The Morgan fingerprint density at radius 2 is 2.00 bits per heavy atom. The average molecular weight is 440 g/mol. The van der Waals surface area contributed by atoms with Crippen molar-refractivity contribution >= 4 is 17.1 Å². The summed E-state index contributed by atoms with van der Waals surface area (Å²) in [5.41, 5.74) is 2.54. The van der Waals surface area contributed by atoms with Crippen molar-refractivity contribution in [2.75, 3.05) is 0 Å². The molecule has 1 unspecified atom stereocenters. The lowest BCUT2D eigenvalue weighted by Crippen LogP contribution is -2.26. The van der Waals surface area contributed by atoms with Gasteiger partial charge in [0, 0.05) is 17.3 Å². The normalized spacial score (nSPS) is 15.6. The van der Waals surface area contributed by atoms with Crippen molar-refractivity contribution in [3.8, 4) is 17.1 Å². The van der Waals surface area contributed by atoms with Crippen molar-refractivity contribution in [1.29, 1.82) is 0 Å². The predicted octanol–water partition coefficient (Wildman–Crippen LogP) is 5.87. The lowest BCUT2D eigenvalue weighted by molar-refractivity contribution is -0.274. The summed E-state index contributed by atoms with van der Waals surface area (Å²) in [6.45, 7) is 6.01. The minimum Gasteiger partial charge on any atom is -0.406 e. The molecule has 1 aromatic carbocycles. The number of benzene rings is 1. The Morgan fingerprint density at radius 1 is 1.30 bits per heavy atom. The van der Waals surface area contributed by atoms with E-state index < -0.39 is 12.1 Å². The first kappa shape index (κ1) is 20.8. The molecule has 2 heterocycles. The van der Waals surface area contributed by atoms with Crippen molar-refractivity contribution < 1.29 is 17.9 Å². The number of aromatic nitrogens is 3. The van der Waals surface area contributed by atoms with Gasteiger partial charge in [-0.2, -0.15) is 0 Å². The second-order valence-electron chi connectivity index (χ2n) is 7.73. The fraction of sp³-hybridized carbons (Fsp3) is 0.429. The molecule has 0 saturated heterocycles. The molecule has 0 amide bonds. The highest BCUT2D eigenvalue weighted by Gasteiger charge is 2.33. The number of hydrogen-bond acceptors (Lipinski definition) is 3. The topological polar surface area (TPSA) is 48.5 Å². The molecule has 2 aromatic heterocycles. The molecular weight excluding hydrogens is 419 g/mol. The number of alkyl halides is 3. The Bertz CT molecular complexity index is 1180. The Hall–Kier alpha value is -2.48. The number of ether oxygens (including phenoxy) is 1. The van der Waals surface area contributed by atoms with E-state index in [2.05, 4.69) is 18.6 Å². The minimum absolute atomic E-state index is 0.00663. The van der Waals surface area contributed by atoms with Crippen LogP contribution in [-0.4, -0.2) is 20.5 Å². The smallest absolute Gasteiger partial charge is 0.406 e. The van der Waals surface area contributed by atoms with Gasteiger partial charge in [0.15, 0.2) is 5.82 Å². The number of halogens is 4. The summed E-state index contributed by atoms with van der Waals surface area (Å²) in [6, 6.07) is 5.65. The molecule has 4 rings (SSSR count). The summed E-state index contributed by atoms with van der Waals surface area (Å²) < 4.78 is 44.7. The number of nitrogens with zero attached hydrogens (tertiary/aromatic N) is 3. The predicted molar refractivity (Wildman–Crippen MR) is 108 cm³/mol. The van der Waals surface area contributed by atoms with Gasteiger partial charge in [-0.1, -0.05) is 25.4 Å². The summed E-state index contributed by atoms with van der Waals surface area (Å²) in [4.78, 5) is 13.5. The highest BCUT2D eigenvalue weighted by Crippen LogP contribution is 2.39. The van der Waals surface area contributed by atoms with Gasteiger partial charge in [0.2, 0.25) is 0 Å². The van der Waals surface area contributed by atoms with Gasteiger partial charge in [0.25, 0.3) is 5.56 Å². The van der Waals surface area contributed by atoms with Crippen LogP contribution in [0.15, 0.2) is 29.1 Å². The van der Waals surface area contributed by atoms with E-state index in [1.165, 1.54) is 12.1 Å². The molecule has 9 heteroatoms. The molecule has 0 bridgehead atoms. The van der Waals surface area contributed by atoms with Gasteiger partial charge in [0.05, 0.1) is 5.02 Å². The van der Waals surface area contributed by atoms with Crippen LogP contribution < -0.4 is 10.3 Å². The Morgan fingerprint density at radius 3 is 2.57 bits per heavy atom. The molecule has 1 fully saturated rings. The van der Waals surface area contributed by atoms with Gasteiger partial charge < -0.3 is 4.74 Å². The molecular formula is C21H21ClF3N3O2. The third kappa shape index (κ3) is 3.69. The van der Waals surface area contributed by atoms with Gasteiger partial charge in [-0.05, 0) is 61.9 Å². The molecule has 160 valence electrons. The monoisotopic (exact) mass is 439 g/mol. The first-order chi connectivity index (χ1) is 14.1. The lowest BCUT2D eigenvalue weighted by Gasteiger charge is -2.16. The van der Waals surface area contributed by atoms with Crippen LogP contribution >= 0.6 is 11.6 Å². The van der Waals surface area contributed by atoms with Gasteiger partial charge in [-0.15, -0.1) is 18.3 Å². The Balaban J connectivity index is 1.93. The molecule has 3 aromatic rings. The van der Waals surface area contributed by atoms with Gasteiger partial charge in [-0.3, -0.25) is 9.36 Å². The second-order valence-corrected chi connectivity index (χ2v) is 8.14. The highest BCUT2D eigenvalue weighted by atomic mass is 35.5. The van der Waals surface area contributed by atoms with Crippen LogP contribution in [0.4, 0.5) is 13.2 Å². The van der Waals surface area contributed by atoms with Crippen LogP contribution in [0.2, 0.25) is 5.02 Å². The molecule has 0 radical (unpaired) electrons. The molecule has 0 N–H and O–H groups in total. The van der Waals surface area contributed by atoms with E-state index in [4.69, 9.17) is 16.7 Å². The molecule has 0 aliphatic heterocycles. The SMILES string of the molecule is CCC(C)c1cc(C)n2nc(-c3ccc(OC(F)(F)F)cc3Cl)n(C3CC3)c(=O)c12. The minimum atomic E-state index is -4.81. The van der Waals surface area contributed by atoms with E-state index in [1.54, 1.807) is 9.08 Å². The quantitative estimate of drug-likeness (QED) is 0.499. The maximum absolute atomic E-state index is 13.5. The number of fused-ring (bicyclic) bond motifs is 1. The van der Waals surface area contributed by atoms with Crippen LogP contribution in [-0.2, 0) is 0 Å².